The van der Waals surface area contributed by atoms with Gasteiger partial charge in [0.25, 0.3) is 5.91 Å². The smallest absolute Gasteiger partial charge is 0.256 e. The fourth-order valence-corrected chi connectivity index (χ4v) is 4.28. The molecule has 0 aliphatic carbocycles. The van der Waals surface area contributed by atoms with E-state index in [4.69, 9.17) is 16.3 Å². The first kappa shape index (κ1) is 20.2. The predicted octanol–water partition coefficient (Wildman–Crippen LogP) is 3.33. The van der Waals surface area contributed by atoms with E-state index in [1.807, 2.05) is 0 Å². The zero-order chi connectivity index (χ0) is 21.3. The van der Waals surface area contributed by atoms with E-state index in [1.54, 1.807) is 47.4 Å². The first-order valence-corrected chi connectivity index (χ1v) is 10.2. The number of carbonyl (C=O) groups excluding carboxylic acids is 3. The van der Waals surface area contributed by atoms with E-state index < -0.39 is 6.04 Å². The normalized spacial score (nSPS) is 18.4. The summed E-state index contributed by atoms with van der Waals surface area (Å²) in [5, 5.41) is 3.14. The molecule has 1 N–H and O–H groups in total. The van der Waals surface area contributed by atoms with Crippen molar-refractivity contribution in [3.8, 4) is 5.75 Å². The highest BCUT2D eigenvalue weighted by atomic mass is 35.5. The van der Waals surface area contributed by atoms with Gasteiger partial charge in [-0.2, -0.15) is 0 Å². The molecule has 2 aromatic rings. The maximum atomic E-state index is 13.3. The molecule has 2 aromatic carbocycles. The van der Waals surface area contributed by atoms with E-state index in [2.05, 4.69) is 5.32 Å². The quantitative estimate of drug-likeness (QED) is 0.811. The number of methoxy groups -OCH3 is 1. The molecule has 7 nitrogen and oxygen atoms in total. The van der Waals surface area contributed by atoms with Gasteiger partial charge in [-0.25, -0.2) is 0 Å². The third kappa shape index (κ3) is 3.73. The van der Waals surface area contributed by atoms with Crippen molar-refractivity contribution in [1.29, 1.82) is 0 Å². The Morgan fingerprint density at radius 3 is 2.77 bits per heavy atom. The van der Waals surface area contributed by atoms with E-state index in [-0.39, 0.29) is 24.3 Å². The molecule has 2 aliphatic rings. The first-order valence-electron chi connectivity index (χ1n) is 9.84. The molecule has 1 atom stereocenters. The molecular formula is C22H22ClN3O4. The number of carbonyl (C=O) groups is 3. The van der Waals surface area contributed by atoms with Gasteiger partial charge in [-0.15, -0.1) is 0 Å². The number of hydrogen-bond donors (Lipinski definition) is 1. The Labute approximate surface area is 179 Å². The highest BCUT2D eigenvalue weighted by molar-refractivity contribution is 6.32. The zero-order valence-corrected chi connectivity index (χ0v) is 17.3. The number of ether oxygens (including phenoxy) is 1. The number of halogens is 1. The molecule has 0 radical (unpaired) electrons. The van der Waals surface area contributed by atoms with Gasteiger partial charge in [0, 0.05) is 12.2 Å². The van der Waals surface area contributed by atoms with Crippen molar-refractivity contribution in [3.05, 3.63) is 53.1 Å². The van der Waals surface area contributed by atoms with Gasteiger partial charge in [-0.1, -0.05) is 23.7 Å². The van der Waals surface area contributed by atoms with Crippen LogP contribution in [0.4, 0.5) is 11.4 Å². The average Bonchev–Trinajstić information content (AvgIpc) is 2.84. The van der Waals surface area contributed by atoms with Crippen LogP contribution >= 0.6 is 11.6 Å². The second kappa shape index (κ2) is 8.36. The van der Waals surface area contributed by atoms with E-state index in [0.29, 0.717) is 40.7 Å². The Morgan fingerprint density at radius 2 is 2.00 bits per heavy atom. The number of benzene rings is 2. The van der Waals surface area contributed by atoms with Crippen LogP contribution in [0.5, 0.6) is 5.75 Å². The summed E-state index contributed by atoms with van der Waals surface area (Å²) in [7, 11) is 1.51. The Kier molecular flexibility index (Phi) is 5.63. The second-order valence-corrected chi connectivity index (χ2v) is 7.76. The number of hydrogen-bond acceptors (Lipinski definition) is 4. The summed E-state index contributed by atoms with van der Waals surface area (Å²) in [4.78, 5) is 42.2. The van der Waals surface area contributed by atoms with Gasteiger partial charge in [0.05, 0.1) is 23.4 Å². The lowest BCUT2D eigenvalue weighted by atomic mass is 10.0. The van der Waals surface area contributed by atoms with Crippen LogP contribution in [0.1, 0.15) is 29.6 Å². The summed E-state index contributed by atoms with van der Waals surface area (Å²) in [6.45, 7) is 0.352. The number of para-hydroxylation sites is 1. The van der Waals surface area contributed by atoms with Gasteiger partial charge in [0.15, 0.2) is 0 Å². The maximum absolute atomic E-state index is 13.3. The van der Waals surface area contributed by atoms with Crippen LogP contribution in [-0.4, -0.2) is 48.9 Å². The molecule has 0 saturated carbocycles. The maximum Gasteiger partial charge on any atom is 0.256 e. The zero-order valence-electron chi connectivity index (χ0n) is 16.6. The minimum atomic E-state index is -0.540. The molecule has 3 amide bonds. The van der Waals surface area contributed by atoms with Crippen molar-refractivity contribution >= 4 is 40.7 Å². The van der Waals surface area contributed by atoms with Gasteiger partial charge in [0.2, 0.25) is 11.8 Å². The monoisotopic (exact) mass is 427 g/mol. The lowest BCUT2D eigenvalue weighted by Crippen LogP contribution is -2.52. The molecule has 2 aliphatic heterocycles. The topological polar surface area (TPSA) is 79.0 Å². The first-order chi connectivity index (χ1) is 14.5. The molecule has 4 rings (SSSR count). The van der Waals surface area contributed by atoms with Gasteiger partial charge in [0.1, 0.15) is 18.3 Å². The van der Waals surface area contributed by atoms with E-state index >= 15 is 0 Å². The van der Waals surface area contributed by atoms with Crippen LogP contribution in [0.25, 0.3) is 0 Å². The molecule has 1 saturated heterocycles. The number of anilines is 2. The highest BCUT2D eigenvalue weighted by Crippen LogP contribution is 2.32. The van der Waals surface area contributed by atoms with Crippen LogP contribution in [0, 0.1) is 0 Å². The van der Waals surface area contributed by atoms with Crippen molar-refractivity contribution in [2.75, 3.05) is 30.4 Å². The van der Waals surface area contributed by atoms with Crippen LogP contribution in [0.3, 0.4) is 0 Å². The van der Waals surface area contributed by atoms with Gasteiger partial charge in [-0.05, 0) is 49.6 Å². The van der Waals surface area contributed by atoms with Crippen LogP contribution in [-0.2, 0) is 9.59 Å². The number of nitrogens with one attached hydrogen (secondary N) is 1. The fourth-order valence-electron chi connectivity index (χ4n) is 4.03. The van der Waals surface area contributed by atoms with Crippen molar-refractivity contribution in [2.45, 2.75) is 25.3 Å². The largest absolute Gasteiger partial charge is 0.495 e. The van der Waals surface area contributed by atoms with Gasteiger partial charge >= 0.3 is 0 Å². The highest BCUT2D eigenvalue weighted by Gasteiger charge is 2.40. The number of fused-ring (bicyclic) bond motifs is 2. The molecule has 0 bridgehead atoms. The minimum Gasteiger partial charge on any atom is -0.495 e. The summed E-state index contributed by atoms with van der Waals surface area (Å²) in [6, 6.07) is 11.3. The number of nitrogens with zero attached hydrogens (tertiary/aromatic N) is 2. The SMILES string of the molecule is COc1ccc(NC(=O)CN2C(=O)C3CCCCN3C(=O)c3ccccc32)cc1Cl. The molecule has 1 unspecified atom stereocenters. The molecule has 2 heterocycles. The van der Waals surface area contributed by atoms with Gasteiger partial charge in [-0.3, -0.25) is 14.4 Å². The average molecular weight is 428 g/mol. The van der Waals surface area contributed by atoms with Crippen molar-refractivity contribution < 1.29 is 19.1 Å². The standard InChI is InChI=1S/C22H22ClN3O4/c1-30-19-10-9-14(12-16(19)23)24-20(27)13-26-17-7-3-2-6-15(17)21(28)25-11-5-4-8-18(25)22(26)29/h2-3,6-7,9-10,12,18H,4-5,8,11,13H2,1H3,(H,24,27). The van der Waals surface area contributed by atoms with E-state index in [0.717, 1.165) is 12.8 Å². The van der Waals surface area contributed by atoms with Crippen LogP contribution in [0.15, 0.2) is 42.5 Å². The van der Waals surface area contributed by atoms with Crippen LogP contribution in [0.2, 0.25) is 5.02 Å². The Bertz CT molecular complexity index is 1010. The summed E-state index contributed by atoms with van der Waals surface area (Å²) in [5.41, 5.74) is 1.40. The Hall–Kier alpha value is -3.06. The number of piperidine rings is 1. The Morgan fingerprint density at radius 1 is 1.20 bits per heavy atom. The van der Waals surface area contributed by atoms with Crippen molar-refractivity contribution in [1.82, 2.24) is 4.90 Å². The molecule has 1 fully saturated rings. The summed E-state index contributed by atoms with van der Waals surface area (Å²) in [6.07, 6.45) is 2.35. The summed E-state index contributed by atoms with van der Waals surface area (Å²) >= 11 is 6.13. The predicted molar refractivity (Wildman–Crippen MR) is 114 cm³/mol. The molecule has 30 heavy (non-hydrogen) atoms. The van der Waals surface area contributed by atoms with E-state index in [9.17, 15) is 14.4 Å². The fraction of sp³-hybridized carbons (Fsp3) is 0.318. The number of rotatable bonds is 4. The van der Waals surface area contributed by atoms with Crippen LogP contribution < -0.4 is 15.0 Å². The van der Waals surface area contributed by atoms with E-state index in [1.165, 1.54) is 12.0 Å². The van der Waals surface area contributed by atoms with Crippen molar-refractivity contribution in [2.24, 2.45) is 0 Å². The summed E-state index contributed by atoms with van der Waals surface area (Å²) < 4.78 is 5.12. The molecule has 0 spiro atoms. The molecule has 156 valence electrons. The molecular weight excluding hydrogens is 406 g/mol. The molecule has 8 heteroatoms. The van der Waals surface area contributed by atoms with Gasteiger partial charge < -0.3 is 19.9 Å². The number of amides is 3. The lowest BCUT2D eigenvalue weighted by molar-refractivity contribution is -0.125. The lowest BCUT2D eigenvalue weighted by Gasteiger charge is -2.34. The third-order valence-corrected chi connectivity index (χ3v) is 5.77. The third-order valence-electron chi connectivity index (χ3n) is 5.48. The summed E-state index contributed by atoms with van der Waals surface area (Å²) in [5.74, 6) is -0.261. The molecule has 0 aromatic heterocycles. The second-order valence-electron chi connectivity index (χ2n) is 7.35. The Balaban J connectivity index is 1.61. The van der Waals surface area contributed by atoms with Crippen molar-refractivity contribution in [3.63, 3.8) is 0 Å². The minimum absolute atomic E-state index is 0.159.